The summed E-state index contributed by atoms with van der Waals surface area (Å²) in [5.74, 6) is 0.148. The number of rotatable bonds is 3. The molecule has 4 rings (SSSR count). The number of nitro benzene ring substituents is 1. The van der Waals surface area contributed by atoms with Crippen molar-refractivity contribution in [2.45, 2.75) is 46.5 Å². The predicted octanol–water partition coefficient (Wildman–Crippen LogP) is 5.29. The normalized spacial score (nSPS) is 20.2. The van der Waals surface area contributed by atoms with E-state index in [0.29, 0.717) is 52.3 Å². The van der Waals surface area contributed by atoms with Crippen LogP contribution in [0.5, 0.6) is 0 Å². The molecule has 2 heterocycles. The summed E-state index contributed by atoms with van der Waals surface area (Å²) in [6.45, 7) is 7.70. The molecule has 31 heavy (non-hydrogen) atoms. The summed E-state index contributed by atoms with van der Waals surface area (Å²) >= 11 is 0. The first-order valence-electron chi connectivity index (χ1n) is 10.1. The fourth-order valence-corrected chi connectivity index (χ4v) is 4.64. The van der Waals surface area contributed by atoms with Crippen LogP contribution in [0.2, 0.25) is 0 Å². The van der Waals surface area contributed by atoms with Gasteiger partial charge in [0.15, 0.2) is 5.78 Å². The number of nitro groups is 1. The summed E-state index contributed by atoms with van der Waals surface area (Å²) in [6, 6.07) is 10.5. The van der Waals surface area contributed by atoms with E-state index in [2.05, 4.69) is 11.4 Å². The average Bonchev–Trinajstić information content (AvgIpc) is 3.14. The van der Waals surface area contributed by atoms with Gasteiger partial charge in [0.25, 0.3) is 5.69 Å². The number of aryl methyl sites for hydroxylation is 1. The van der Waals surface area contributed by atoms with Crippen molar-refractivity contribution in [3.05, 3.63) is 74.3 Å². The second-order valence-corrected chi connectivity index (χ2v) is 8.97. The summed E-state index contributed by atoms with van der Waals surface area (Å²) in [5, 5.41) is 24.6. The molecular formula is C24H23N3O4. The number of nitrogens with one attached hydrogen (secondary N) is 1. The molecule has 0 amide bonds. The zero-order chi connectivity index (χ0) is 22.5. The molecule has 7 nitrogen and oxygen atoms in total. The van der Waals surface area contributed by atoms with E-state index in [0.717, 1.165) is 5.70 Å². The Morgan fingerprint density at radius 1 is 1.23 bits per heavy atom. The Bertz CT molecular complexity index is 1220. The SMILES string of the molecule is CC1=C(C#N)[C@@H](c2ccc(-c3c(C)cccc3[N+](=O)[O-])o2)C2=C(CC(C)(C)CC2=O)N1. The third-order valence-corrected chi connectivity index (χ3v) is 5.97. The van der Waals surface area contributed by atoms with E-state index in [9.17, 15) is 20.2 Å². The van der Waals surface area contributed by atoms with Gasteiger partial charge in [-0.15, -0.1) is 0 Å². The second-order valence-electron chi connectivity index (χ2n) is 8.97. The molecule has 1 N–H and O–H groups in total. The number of hydrogen-bond acceptors (Lipinski definition) is 6. The quantitative estimate of drug-likeness (QED) is 0.537. The highest BCUT2D eigenvalue weighted by atomic mass is 16.6. The number of Topliss-reactive ketones (excluding diaryl/α,β-unsaturated/α-hetero) is 1. The van der Waals surface area contributed by atoms with Crippen LogP contribution in [-0.2, 0) is 4.79 Å². The molecule has 158 valence electrons. The molecule has 1 aromatic heterocycles. The van der Waals surface area contributed by atoms with E-state index < -0.39 is 10.8 Å². The third kappa shape index (κ3) is 3.44. The number of carbonyl (C=O) groups excluding carboxylic acids is 1. The number of benzene rings is 1. The predicted molar refractivity (Wildman–Crippen MR) is 115 cm³/mol. The molecule has 1 aliphatic heterocycles. The number of allylic oxidation sites excluding steroid dienone is 4. The lowest BCUT2D eigenvalue weighted by Crippen LogP contribution is -2.36. The van der Waals surface area contributed by atoms with E-state index in [1.54, 1.807) is 31.2 Å². The molecule has 0 spiro atoms. The van der Waals surface area contributed by atoms with Crippen molar-refractivity contribution >= 4 is 11.5 Å². The van der Waals surface area contributed by atoms with Crippen LogP contribution in [0.25, 0.3) is 11.3 Å². The van der Waals surface area contributed by atoms with Gasteiger partial charge in [-0.25, -0.2) is 0 Å². The summed E-state index contributed by atoms with van der Waals surface area (Å²) in [4.78, 5) is 24.2. The highest BCUT2D eigenvalue weighted by Crippen LogP contribution is 2.47. The highest BCUT2D eigenvalue weighted by molar-refractivity contribution is 6.00. The minimum Gasteiger partial charge on any atom is -0.460 e. The van der Waals surface area contributed by atoms with Gasteiger partial charge in [0.1, 0.15) is 11.5 Å². The maximum atomic E-state index is 13.1. The third-order valence-electron chi connectivity index (χ3n) is 5.97. The number of furan rings is 1. The summed E-state index contributed by atoms with van der Waals surface area (Å²) < 4.78 is 6.11. The van der Waals surface area contributed by atoms with Gasteiger partial charge in [-0.05, 0) is 43.4 Å². The molecule has 1 aromatic carbocycles. The monoisotopic (exact) mass is 417 g/mol. The molecular weight excluding hydrogens is 394 g/mol. The Kier molecular flexibility index (Phi) is 4.81. The number of hydrogen-bond donors (Lipinski definition) is 1. The van der Waals surface area contributed by atoms with Gasteiger partial charge in [-0.2, -0.15) is 5.26 Å². The van der Waals surface area contributed by atoms with Crippen LogP contribution in [0, 0.1) is 33.8 Å². The summed E-state index contributed by atoms with van der Waals surface area (Å²) in [5.41, 5.74) is 3.38. The van der Waals surface area contributed by atoms with Crippen LogP contribution in [0.3, 0.4) is 0 Å². The van der Waals surface area contributed by atoms with E-state index in [1.807, 2.05) is 20.8 Å². The van der Waals surface area contributed by atoms with Crippen LogP contribution < -0.4 is 5.32 Å². The molecule has 1 atom stereocenters. The van der Waals surface area contributed by atoms with E-state index >= 15 is 0 Å². The topological polar surface area (TPSA) is 109 Å². The Morgan fingerprint density at radius 2 is 1.97 bits per heavy atom. The molecule has 2 aromatic rings. The van der Waals surface area contributed by atoms with Gasteiger partial charge < -0.3 is 9.73 Å². The Balaban J connectivity index is 1.87. The molecule has 2 aliphatic rings. The van der Waals surface area contributed by atoms with Crippen LogP contribution in [0.4, 0.5) is 5.69 Å². The number of nitriles is 1. The molecule has 0 radical (unpaired) electrons. The number of ketones is 1. The lowest BCUT2D eigenvalue weighted by Gasteiger charge is -2.38. The van der Waals surface area contributed by atoms with E-state index in [-0.39, 0.29) is 16.9 Å². The Hall–Kier alpha value is -3.66. The molecule has 0 fully saturated rings. The lowest BCUT2D eigenvalue weighted by molar-refractivity contribution is -0.384. The summed E-state index contributed by atoms with van der Waals surface area (Å²) in [7, 11) is 0. The Morgan fingerprint density at radius 3 is 2.65 bits per heavy atom. The molecule has 0 saturated heterocycles. The van der Waals surface area contributed by atoms with Gasteiger partial charge in [0.05, 0.1) is 28.0 Å². The molecule has 0 unspecified atom stereocenters. The number of carbonyl (C=O) groups is 1. The van der Waals surface area contributed by atoms with Crippen LogP contribution >= 0.6 is 0 Å². The first kappa shape index (κ1) is 20.6. The zero-order valence-electron chi connectivity index (χ0n) is 17.9. The first-order chi connectivity index (χ1) is 14.6. The lowest BCUT2D eigenvalue weighted by atomic mass is 9.70. The van der Waals surface area contributed by atoms with Gasteiger partial charge in [-0.1, -0.05) is 26.0 Å². The van der Waals surface area contributed by atoms with Gasteiger partial charge in [-0.3, -0.25) is 14.9 Å². The fraction of sp³-hybridized carbons (Fsp3) is 0.333. The minimum absolute atomic E-state index is 0.0103. The number of nitrogens with zero attached hydrogens (tertiary/aromatic N) is 2. The highest BCUT2D eigenvalue weighted by Gasteiger charge is 2.42. The van der Waals surface area contributed by atoms with E-state index in [4.69, 9.17) is 4.42 Å². The molecule has 0 bridgehead atoms. The van der Waals surface area contributed by atoms with Crippen molar-refractivity contribution in [1.82, 2.24) is 5.32 Å². The zero-order valence-corrected chi connectivity index (χ0v) is 17.9. The Labute approximate surface area is 180 Å². The van der Waals surface area contributed by atoms with Gasteiger partial charge >= 0.3 is 0 Å². The van der Waals surface area contributed by atoms with Crippen LogP contribution in [0.15, 0.2) is 57.3 Å². The number of dihydropyridines is 1. The maximum Gasteiger partial charge on any atom is 0.280 e. The van der Waals surface area contributed by atoms with Crippen molar-refractivity contribution in [2.24, 2.45) is 5.41 Å². The van der Waals surface area contributed by atoms with Gasteiger partial charge in [0, 0.05) is 29.5 Å². The van der Waals surface area contributed by atoms with Crippen molar-refractivity contribution in [1.29, 1.82) is 5.26 Å². The minimum atomic E-state index is -0.623. The van der Waals surface area contributed by atoms with Gasteiger partial charge in [0.2, 0.25) is 0 Å². The van der Waals surface area contributed by atoms with Crippen LogP contribution in [0.1, 0.15) is 50.9 Å². The molecule has 0 saturated carbocycles. The fourth-order valence-electron chi connectivity index (χ4n) is 4.64. The van der Waals surface area contributed by atoms with E-state index in [1.165, 1.54) is 6.07 Å². The maximum absolute atomic E-state index is 13.1. The standard InChI is InChI=1S/C24H23N3O4/c1-13-6-5-7-17(27(29)30)21(13)19-8-9-20(31-19)22-15(12-25)14(2)26-16-10-24(3,4)11-18(28)23(16)22/h5-9,22,26H,10-11H2,1-4H3/t22-/m0/s1. The van der Waals surface area contributed by atoms with Crippen molar-refractivity contribution in [3.8, 4) is 17.4 Å². The van der Waals surface area contributed by atoms with Crippen molar-refractivity contribution in [2.75, 3.05) is 0 Å². The second kappa shape index (κ2) is 7.24. The molecule has 7 heteroatoms. The first-order valence-corrected chi connectivity index (χ1v) is 10.1. The van der Waals surface area contributed by atoms with Crippen LogP contribution in [-0.4, -0.2) is 10.7 Å². The van der Waals surface area contributed by atoms with Crippen molar-refractivity contribution in [3.63, 3.8) is 0 Å². The summed E-state index contributed by atoms with van der Waals surface area (Å²) in [6.07, 6.45) is 1.08. The average molecular weight is 417 g/mol. The molecule has 1 aliphatic carbocycles. The largest absolute Gasteiger partial charge is 0.460 e. The smallest absolute Gasteiger partial charge is 0.280 e. The van der Waals surface area contributed by atoms with Crippen molar-refractivity contribution < 1.29 is 14.1 Å².